The number of carbonyl (C=O) groups excluding carboxylic acids is 1. The van der Waals surface area contributed by atoms with E-state index >= 15 is 0 Å². The molecule has 0 aliphatic rings. The van der Waals surface area contributed by atoms with E-state index in [1.165, 1.54) is 31.8 Å². The van der Waals surface area contributed by atoms with Crippen LogP contribution < -0.4 is 10.1 Å². The van der Waals surface area contributed by atoms with Gasteiger partial charge in [0.25, 0.3) is 0 Å². The molecule has 2 rings (SSSR count). The van der Waals surface area contributed by atoms with Crippen molar-refractivity contribution in [3.63, 3.8) is 0 Å². The summed E-state index contributed by atoms with van der Waals surface area (Å²) in [4.78, 5) is 12.2. The molecule has 0 radical (unpaired) electrons. The first kappa shape index (κ1) is 20.9. The van der Waals surface area contributed by atoms with Gasteiger partial charge in [0.15, 0.2) is 0 Å². The van der Waals surface area contributed by atoms with Gasteiger partial charge in [0, 0.05) is 14.1 Å². The van der Waals surface area contributed by atoms with Crippen molar-refractivity contribution in [2.45, 2.75) is 24.7 Å². The van der Waals surface area contributed by atoms with Crippen LogP contribution in [0.15, 0.2) is 53.4 Å². The Morgan fingerprint density at radius 2 is 1.59 bits per heavy atom. The van der Waals surface area contributed by atoms with Crippen LogP contribution in [0.25, 0.3) is 0 Å². The average molecular weight is 391 g/mol. The van der Waals surface area contributed by atoms with Crippen molar-refractivity contribution in [1.29, 1.82) is 0 Å². The molecule has 0 aliphatic carbocycles. The number of aryl methyl sites for hydroxylation is 1. The molecule has 0 aliphatic heterocycles. The minimum absolute atomic E-state index is 0.0599. The number of nitrogens with zero attached hydrogens (tertiary/aromatic N) is 1. The van der Waals surface area contributed by atoms with E-state index in [2.05, 4.69) is 12.2 Å². The van der Waals surface area contributed by atoms with Gasteiger partial charge < -0.3 is 10.1 Å². The summed E-state index contributed by atoms with van der Waals surface area (Å²) in [5.74, 6) is 0.493. The van der Waals surface area contributed by atoms with Crippen LogP contribution in [0.3, 0.4) is 0 Å². The fraction of sp³-hybridized carbons (Fsp3) is 0.350. The van der Waals surface area contributed by atoms with Gasteiger partial charge in [0.05, 0.1) is 17.9 Å². The van der Waals surface area contributed by atoms with Gasteiger partial charge in [-0.2, -0.15) is 0 Å². The molecule has 0 spiro atoms. The maximum atomic E-state index is 12.0. The minimum Gasteiger partial charge on any atom is -0.492 e. The van der Waals surface area contributed by atoms with Crippen molar-refractivity contribution >= 4 is 15.9 Å². The van der Waals surface area contributed by atoms with E-state index in [-0.39, 0.29) is 10.8 Å². The van der Waals surface area contributed by atoms with Gasteiger partial charge in [-0.1, -0.05) is 31.2 Å². The minimum atomic E-state index is -3.44. The number of sulfonamides is 1. The van der Waals surface area contributed by atoms with Crippen molar-refractivity contribution in [2.24, 2.45) is 0 Å². The number of carbonyl (C=O) groups is 1. The molecule has 2 aromatic carbocycles. The highest BCUT2D eigenvalue weighted by Crippen LogP contribution is 2.17. The van der Waals surface area contributed by atoms with Crippen molar-refractivity contribution in [1.82, 2.24) is 9.62 Å². The Balaban J connectivity index is 1.75. The van der Waals surface area contributed by atoms with Crippen LogP contribution in [-0.4, -0.2) is 45.9 Å². The van der Waals surface area contributed by atoms with Gasteiger partial charge in [-0.3, -0.25) is 4.79 Å². The maximum absolute atomic E-state index is 12.0. The van der Waals surface area contributed by atoms with Gasteiger partial charge in [-0.25, -0.2) is 12.7 Å². The third kappa shape index (κ3) is 6.08. The number of amides is 1. The van der Waals surface area contributed by atoms with Crippen LogP contribution in [0.1, 0.15) is 18.1 Å². The second kappa shape index (κ2) is 9.53. The first-order valence-electron chi connectivity index (χ1n) is 8.83. The first-order valence-corrected chi connectivity index (χ1v) is 10.3. The zero-order chi connectivity index (χ0) is 19.9. The van der Waals surface area contributed by atoms with Gasteiger partial charge in [0.2, 0.25) is 15.9 Å². The lowest BCUT2D eigenvalue weighted by molar-refractivity contribution is -0.120. The summed E-state index contributed by atoms with van der Waals surface area (Å²) in [7, 11) is -0.470. The van der Waals surface area contributed by atoms with E-state index < -0.39 is 10.0 Å². The van der Waals surface area contributed by atoms with Gasteiger partial charge in [0.1, 0.15) is 12.4 Å². The first-order chi connectivity index (χ1) is 12.8. The highest BCUT2D eigenvalue weighted by Gasteiger charge is 2.16. The van der Waals surface area contributed by atoms with Crippen LogP contribution in [0.2, 0.25) is 0 Å². The molecule has 2 aromatic rings. The van der Waals surface area contributed by atoms with Crippen LogP contribution in [0.5, 0.6) is 5.75 Å². The predicted molar refractivity (Wildman–Crippen MR) is 105 cm³/mol. The smallest absolute Gasteiger partial charge is 0.242 e. The SMILES string of the molecule is CCc1ccc(CC(=O)NCCOc2ccc(S(=O)(=O)N(C)C)cc2)cc1. The summed E-state index contributed by atoms with van der Waals surface area (Å²) in [5.41, 5.74) is 2.22. The molecule has 0 fully saturated rings. The average Bonchev–Trinajstić information content (AvgIpc) is 2.66. The summed E-state index contributed by atoms with van der Waals surface area (Å²) in [6, 6.07) is 14.2. The molecule has 0 unspecified atom stereocenters. The summed E-state index contributed by atoms with van der Waals surface area (Å²) in [6.45, 7) is 2.78. The topological polar surface area (TPSA) is 75.7 Å². The lowest BCUT2D eigenvalue weighted by atomic mass is 10.1. The molecule has 0 aromatic heterocycles. The summed E-state index contributed by atoms with van der Waals surface area (Å²) in [6.07, 6.45) is 1.31. The van der Waals surface area contributed by atoms with Gasteiger partial charge in [-0.15, -0.1) is 0 Å². The maximum Gasteiger partial charge on any atom is 0.242 e. The van der Waals surface area contributed by atoms with Crippen LogP contribution in [-0.2, 0) is 27.7 Å². The van der Waals surface area contributed by atoms with Gasteiger partial charge >= 0.3 is 0 Å². The Bertz CT molecular complexity index is 845. The second-order valence-corrected chi connectivity index (χ2v) is 8.46. The molecule has 7 heteroatoms. The second-order valence-electron chi connectivity index (χ2n) is 6.30. The molecular formula is C20H26N2O4S. The Labute approximate surface area is 161 Å². The van der Waals surface area contributed by atoms with Crippen molar-refractivity contribution in [3.8, 4) is 5.75 Å². The number of ether oxygens (including phenoxy) is 1. The van der Waals surface area contributed by atoms with E-state index in [0.717, 1.165) is 16.3 Å². The Morgan fingerprint density at radius 3 is 2.15 bits per heavy atom. The molecule has 0 atom stereocenters. The quantitative estimate of drug-likeness (QED) is 0.666. The zero-order valence-electron chi connectivity index (χ0n) is 15.9. The molecular weight excluding hydrogens is 364 g/mol. The van der Waals surface area contributed by atoms with E-state index in [4.69, 9.17) is 4.74 Å². The summed E-state index contributed by atoms with van der Waals surface area (Å²) in [5, 5.41) is 2.81. The monoisotopic (exact) mass is 390 g/mol. The van der Waals surface area contributed by atoms with E-state index in [1.807, 2.05) is 24.3 Å². The third-order valence-electron chi connectivity index (χ3n) is 4.09. The Kier molecular flexibility index (Phi) is 7.38. The molecule has 1 N–H and O–H groups in total. The molecule has 146 valence electrons. The highest BCUT2D eigenvalue weighted by atomic mass is 32.2. The molecule has 0 saturated heterocycles. The lowest BCUT2D eigenvalue weighted by Crippen LogP contribution is -2.29. The molecule has 0 saturated carbocycles. The summed E-state index contributed by atoms with van der Waals surface area (Å²) < 4.78 is 30.7. The highest BCUT2D eigenvalue weighted by molar-refractivity contribution is 7.89. The number of hydrogen-bond donors (Lipinski definition) is 1. The number of nitrogens with one attached hydrogen (secondary N) is 1. The third-order valence-corrected chi connectivity index (χ3v) is 5.92. The van der Waals surface area contributed by atoms with Crippen LogP contribution in [0, 0.1) is 0 Å². The van der Waals surface area contributed by atoms with Crippen molar-refractivity contribution < 1.29 is 17.9 Å². The molecule has 6 nitrogen and oxygen atoms in total. The lowest BCUT2D eigenvalue weighted by Gasteiger charge is -2.12. The van der Waals surface area contributed by atoms with Gasteiger partial charge in [-0.05, 0) is 41.8 Å². The molecule has 1 amide bonds. The number of rotatable bonds is 9. The Hall–Kier alpha value is -2.38. The van der Waals surface area contributed by atoms with Crippen molar-refractivity contribution in [2.75, 3.05) is 27.2 Å². The zero-order valence-corrected chi connectivity index (χ0v) is 16.8. The molecule has 0 heterocycles. The summed E-state index contributed by atoms with van der Waals surface area (Å²) >= 11 is 0. The molecule has 27 heavy (non-hydrogen) atoms. The van der Waals surface area contributed by atoms with E-state index in [9.17, 15) is 13.2 Å². The number of hydrogen-bond acceptors (Lipinski definition) is 4. The predicted octanol–water partition coefficient (Wildman–Crippen LogP) is 2.24. The fourth-order valence-electron chi connectivity index (χ4n) is 2.42. The van der Waals surface area contributed by atoms with E-state index in [0.29, 0.717) is 25.3 Å². The Morgan fingerprint density at radius 1 is 1.00 bits per heavy atom. The van der Waals surface area contributed by atoms with Crippen LogP contribution in [0.4, 0.5) is 0 Å². The largest absolute Gasteiger partial charge is 0.492 e. The normalized spacial score (nSPS) is 11.4. The standard InChI is InChI=1S/C20H26N2O4S/c1-4-16-5-7-17(8-6-16)15-20(23)21-13-14-26-18-9-11-19(12-10-18)27(24,25)22(2)3/h5-12H,4,13-15H2,1-3H3,(H,21,23). The van der Waals surface area contributed by atoms with E-state index in [1.54, 1.807) is 12.1 Å². The van der Waals surface area contributed by atoms with Crippen LogP contribution >= 0.6 is 0 Å². The number of benzene rings is 2. The van der Waals surface area contributed by atoms with Crippen molar-refractivity contribution in [3.05, 3.63) is 59.7 Å². The fourth-order valence-corrected chi connectivity index (χ4v) is 3.32. The molecule has 0 bridgehead atoms.